The van der Waals surface area contributed by atoms with Crippen molar-refractivity contribution in [2.75, 3.05) is 7.11 Å². The predicted octanol–water partition coefficient (Wildman–Crippen LogP) is 3.95. The number of pyridine rings is 1. The Morgan fingerprint density at radius 1 is 1.00 bits per heavy atom. The van der Waals surface area contributed by atoms with Gasteiger partial charge in [-0.1, -0.05) is 48.5 Å². The summed E-state index contributed by atoms with van der Waals surface area (Å²) in [6.07, 6.45) is 3.59. The van der Waals surface area contributed by atoms with Crippen LogP contribution in [-0.4, -0.2) is 18.0 Å². The lowest BCUT2D eigenvalue weighted by Gasteiger charge is -2.10. The number of aromatic nitrogens is 1. The molecule has 0 aliphatic rings. The highest BCUT2D eigenvalue weighted by molar-refractivity contribution is 6.24. The van der Waals surface area contributed by atoms with Crippen LogP contribution in [0.1, 0.15) is 16.8 Å². The number of nitrogens with one attached hydrogen (secondary N) is 1. The molecule has 0 spiro atoms. The molecule has 1 aromatic heterocycles. The van der Waals surface area contributed by atoms with Gasteiger partial charge in [-0.3, -0.25) is 9.78 Å². The van der Waals surface area contributed by atoms with Gasteiger partial charge in [0, 0.05) is 11.8 Å². The van der Waals surface area contributed by atoms with Crippen molar-refractivity contribution in [3.63, 3.8) is 0 Å². The lowest BCUT2D eigenvalue weighted by atomic mass is 10.0. The van der Waals surface area contributed by atoms with Gasteiger partial charge in [-0.25, -0.2) is 0 Å². The van der Waals surface area contributed by atoms with Gasteiger partial charge in [0.1, 0.15) is 5.75 Å². The molecule has 0 atom stereocenters. The molecule has 2 aromatic carbocycles. The van der Waals surface area contributed by atoms with Crippen LogP contribution in [0.4, 0.5) is 0 Å². The minimum atomic E-state index is -0.141. The third kappa shape index (κ3) is 4.57. The lowest BCUT2D eigenvalue weighted by molar-refractivity contribution is -0.115. The Kier molecular flexibility index (Phi) is 5.78. The van der Waals surface area contributed by atoms with E-state index in [1.165, 1.54) is 0 Å². The van der Waals surface area contributed by atoms with Crippen LogP contribution in [-0.2, 0) is 11.3 Å². The van der Waals surface area contributed by atoms with Gasteiger partial charge in [-0.15, -0.1) is 0 Å². The van der Waals surface area contributed by atoms with Crippen LogP contribution in [0.2, 0.25) is 0 Å². The van der Waals surface area contributed by atoms with Crippen LogP contribution in [0.15, 0.2) is 79.0 Å². The third-order valence-electron chi connectivity index (χ3n) is 3.91. The lowest BCUT2D eigenvalue weighted by Crippen LogP contribution is -2.24. The highest BCUT2D eigenvalue weighted by atomic mass is 16.5. The van der Waals surface area contributed by atoms with Crippen molar-refractivity contribution in [2.45, 2.75) is 6.54 Å². The fourth-order valence-electron chi connectivity index (χ4n) is 2.53. The summed E-state index contributed by atoms with van der Waals surface area (Å²) in [5.74, 6) is 0.640. The molecule has 0 bridgehead atoms. The van der Waals surface area contributed by atoms with Gasteiger partial charge in [0.25, 0.3) is 5.91 Å². The van der Waals surface area contributed by atoms with E-state index < -0.39 is 0 Å². The van der Waals surface area contributed by atoms with E-state index in [1.54, 1.807) is 13.3 Å². The quantitative estimate of drug-likeness (QED) is 0.544. The Labute approximate surface area is 153 Å². The summed E-state index contributed by atoms with van der Waals surface area (Å²) in [5.41, 5.74) is 3.21. The first-order chi connectivity index (χ1) is 12.8. The standard InChI is InChI=1S/C22H20N2O2/c1-26-20-12-10-17(11-13-20)15-21(18-7-3-2-4-8-18)22(25)24-16-19-9-5-6-14-23-19/h2-15H,16H2,1H3,(H,24,25)/b21-15+. The van der Waals surface area contributed by atoms with Crippen molar-refractivity contribution in [3.8, 4) is 5.75 Å². The minimum Gasteiger partial charge on any atom is -0.497 e. The number of hydrogen-bond acceptors (Lipinski definition) is 3. The Bertz CT molecular complexity index is 873. The second-order valence-electron chi connectivity index (χ2n) is 5.70. The molecule has 1 amide bonds. The first kappa shape index (κ1) is 17.4. The number of nitrogens with zero attached hydrogens (tertiary/aromatic N) is 1. The zero-order valence-corrected chi connectivity index (χ0v) is 14.6. The Hall–Kier alpha value is -3.40. The maximum absolute atomic E-state index is 12.8. The van der Waals surface area contributed by atoms with Crippen molar-refractivity contribution in [2.24, 2.45) is 0 Å². The van der Waals surface area contributed by atoms with E-state index in [2.05, 4.69) is 10.3 Å². The smallest absolute Gasteiger partial charge is 0.252 e. The topological polar surface area (TPSA) is 51.2 Å². The molecule has 0 saturated carbocycles. The molecule has 0 saturated heterocycles. The van der Waals surface area contributed by atoms with Crippen LogP contribution in [0, 0.1) is 0 Å². The number of carbonyl (C=O) groups excluding carboxylic acids is 1. The molecule has 0 unspecified atom stereocenters. The molecular weight excluding hydrogens is 324 g/mol. The van der Waals surface area contributed by atoms with Crippen LogP contribution < -0.4 is 10.1 Å². The molecule has 130 valence electrons. The monoisotopic (exact) mass is 344 g/mol. The van der Waals surface area contributed by atoms with Gasteiger partial charge in [-0.2, -0.15) is 0 Å². The first-order valence-electron chi connectivity index (χ1n) is 8.35. The van der Waals surface area contributed by atoms with E-state index in [0.29, 0.717) is 12.1 Å². The van der Waals surface area contributed by atoms with E-state index in [1.807, 2.05) is 78.9 Å². The summed E-state index contributed by atoms with van der Waals surface area (Å²) in [6.45, 7) is 0.381. The normalized spacial score (nSPS) is 11.0. The first-order valence-corrected chi connectivity index (χ1v) is 8.35. The van der Waals surface area contributed by atoms with Gasteiger partial charge < -0.3 is 10.1 Å². The Balaban J connectivity index is 1.85. The second-order valence-corrected chi connectivity index (χ2v) is 5.70. The van der Waals surface area contributed by atoms with Crippen molar-refractivity contribution in [1.29, 1.82) is 0 Å². The fraction of sp³-hybridized carbons (Fsp3) is 0.0909. The summed E-state index contributed by atoms with van der Waals surface area (Å²) in [7, 11) is 1.63. The molecule has 4 nitrogen and oxygen atoms in total. The summed E-state index contributed by atoms with van der Waals surface area (Å²) in [4.78, 5) is 17.1. The second kappa shape index (κ2) is 8.62. The number of benzene rings is 2. The van der Waals surface area contributed by atoms with Gasteiger partial charge in [0.2, 0.25) is 0 Å². The van der Waals surface area contributed by atoms with Crippen molar-refractivity contribution >= 4 is 17.6 Å². The third-order valence-corrected chi connectivity index (χ3v) is 3.91. The number of hydrogen-bond donors (Lipinski definition) is 1. The minimum absolute atomic E-state index is 0.141. The Morgan fingerprint density at radius 2 is 1.73 bits per heavy atom. The SMILES string of the molecule is COc1ccc(/C=C(/C(=O)NCc2ccccn2)c2ccccc2)cc1. The van der Waals surface area contributed by atoms with Crippen LogP contribution in [0.25, 0.3) is 11.6 Å². The van der Waals surface area contributed by atoms with Crippen molar-refractivity contribution in [3.05, 3.63) is 95.8 Å². The molecule has 3 aromatic rings. The van der Waals surface area contributed by atoms with Crippen LogP contribution in [0.5, 0.6) is 5.75 Å². The average molecular weight is 344 g/mol. The van der Waals surface area contributed by atoms with Crippen molar-refractivity contribution < 1.29 is 9.53 Å². The zero-order valence-electron chi connectivity index (χ0n) is 14.6. The molecule has 1 N–H and O–H groups in total. The van der Waals surface area contributed by atoms with Crippen molar-refractivity contribution in [1.82, 2.24) is 10.3 Å². The molecule has 0 aliphatic heterocycles. The zero-order chi connectivity index (χ0) is 18.2. The summed E-state index contributed by atoms with van der Waals surface area (Å²) in [5, 5.41) is 2.95. The van der Waals surface area contributed by atoms with Crippen LogP contribution >= 0.6 is 0 Å². The number of methoxy groups -OCH3 is 1. The predicted molar refractivity (Wildman–Crippen MR) is 103 cm³/mol. The van der Waals surface area contributed by atoms with Gasteiger partial charge in [-0.05, 0) is 41.5 Å². The molecule has 0 radical (unpaired) electrons. The molecule has 3 rings (SSSR count). The van der Waals surface area contributed by atoms with E-state index in [0.717, 1.165) is 22.6 Å². The van der Waals surface area contributed by atoms with E-state index >= 15 is 0 Å². The highest BCUT2D eigenvalue weighted by Crippen LogP contribution is 2.20. The summed E-state index contributed by atoms with van der Waals surface area (Å²) in [6, 6.07) is 22.9. The maximum atomic E-state index is 12.8. The number of rotatable bonds is 6. The number of ether oxygens (including phenoxy) is 1. The summed E-state index contributed by atoms with van der Waals surface area (Å²) < 4.78 is 5.19. The van der Waals surface area contributed by atoms with Crippen LogP contribution in [0.3, 0.4) is 0 Å². The summed E-state index contributed by atoms with van der Waals surface area (Å²) >= 11 is 0. The molecule has 0 fully saturated rings. The van der Waals surface area contributed by atoms with Gasteiger partial charge in [0.15, 0.2) is 0 Å². The molecule has 0 aliphatic carbocycles. The van der Waals surface area contributed by atoms with Gasteiger partial charge >= 0.3 is 0 Å². The maximum Gasteiger partial charge on any atom is 0.252 e. The van der Waals surface area contributed by atoms with E-state index in [-0.39, 0.29) is 5.91 Å². The molecular formula is C22H20N2O2. The number of carbonyl (C=O) groups is 1. The van der Waals surface area contributed by atoms with E-state index in [9.17, 15) is 4.79 Å². The fourth-order valence-corrected chi connectivity index (χ4v) is 2.53. The average Bonchev–Trinajstić information content (AvgIpc) is 2.72. The van der Waals surface area contributed by atoms with E-state index in [4.69, 9.17) is 4.74 Å². The number of amides is 1. The molecule has 4 heteroatoms. The largest absolute Gasteiger partial charge is 0.497 e. The van der Waals surface area contributed by atoms with Gasteiger partial charge in [0.05, 0.1) is 19.3 Å². The highest BCUT2D eigenvalue weighted by Gasteiger charge is 2.12. The molecule has 1 heterocycles. The molecule has 26 heavy (non-hydrogen) atoms. The Morgan fingerprint density at radius 3 is 2.38 bits per heavy atom.